The topological polar surface area (TPSA) is 239 Å². The minimum absolute atomic E-state index is 0. The Morgan fingerprint density at radius 3 is 1.10 bits per heavy atom. The number of carbonyl (C=O) groups excluding carboxylic acids is 1. The van der Waals surface area contributed by atoms with E-state index in [2.05, 4.69) is 6.92 Å². The molecule has 12 nitrogen and oxygen atoms in total. The van der Waals surface area contributed by atoms with Gasteiger partial charge in [0, 0.05) is 19.8 Å². The quantitative estimate of drug-likeness (QED) is 0.0795. The predicted molar refractivity (Wildman–Crippen MR) is 163 cm³/mol. The number of ether oxygens (including phenoxy) is 2. The number of carbonyl (C=O) groups is 1. The molecule has 1 unspecified atom stereocenters. The molecule has 2 heterocycles. The normalized spacial score (nSPS) is 14.0. The van der Waals surface area contributed by atoms with Crippen LogP contribution < -0.4 is 103 Å². The standard InChI is InChI=1S/C6H12O.C5H10O.C4H12O4P.C3H9O3P.CH2O.4CH4.CH3.2K.2H2O/c1-6-4-2-3-5-7-6;1-2-4-6-5-3-1;5-1-9(2-6,3-7)4-8;4-1-7(2-5)3-6;1-2;;;;;;;;;/h6H,2-5H2,1H3;1-5H2;5-8H,1-4H2;4-6H,1-3H2;1H2;4*1H4;1H3;;;2*1H2/q;;+1;;;;;;;-1;2*+1;;/p-1. The molecule has 0 amide bonds. The Hall–Kier alpha value is 3.36. The van der Waals surface area contributed by atoms with Gasteiger partial charge in [-0.05, 0) is 53.4 Å². The van der Waals surface area contributed by atoms with Crippen molar-refractivity contribution in [2.45, 2.75) is 81.3 Å². The Bertz CT molecular complexity index is 308. The second-order valence-electron chi connectivity index (χ2n) is 6.85. The Balaban J connectivity index is -0.0000000239. The molecule has 0 spiro atoms. The predicted octanol–water partition coefficient (Wildman–Crippen LogP) is -3.30. The Labute approximate surface area is 334 Å². The van der Waals surface area contributed by atoms with E-state index < -0.39 is 15.2 Å². The van der Waals surface area contributed by atoms with Crippen molar-refractivity contribution in [3.8, 4) is 0 Å². The molecule has 0 aromatic carbocycles. The number of hydrogen-bond donors (Lipinski definition) is 7. The summed E-state index contributed by atoms with van der Waals surface area (Å²) >= 11 is 0. The van der Waals surface area contributed by atoms with Crippen LogP contribution in [0.5, 0.6) is 0 Å². The summed E-state index contributed by atoms with van der Waals surface area (Å²) in [6.45, 7) is 7.13. The summed E-state index contributed by atoms with van der Waals surface area (Å²) in [5.74, 6) is 0. The Morgan fingerprint density at radius 1 is 0.700 bits per heavy atom. The van der Waals surface area contributed by atoms with E-state index in [1.165, 1.54) is 38.5 Å². The molecular weight excluding hydrogens is 620 g/mol. The fourth-order valence-corrected chi connectivity index (χ4v) is 2.80. The number of aliphatic hydroxyl groups is 7. The average Bonchev–Trinajstić information content (AvgIpc) is 2.86. The van der Waals surface area contributed by atoms with Crippen molar-refractivity contribution in [1.82, 2.24) is 0 Å². The van der Waals surface area contributed by atoms with Crippen molar-refractivity contribution >= 4 is 22.0 Å². The first kappa shape index (κ1) is 79.1. The average molecular weight is 688 g/mol. The summed E-state index contributed by atoms with van der Waals surface area (Å²) in [5.41, 5.74) is 0. The van der Waals surface area contributed by atoms with Crippen molar-refractivity contribution in [3.63, 3.8) is 0 Å². The van der Waals surface area contributed by atoms with E-state index in [0.717, 1.165) is 19.8 Å². The first-order chi connectivity index (χ1) is 15.0. The Morgan fingerprint density at radius 2 is 1.02 bits per heavy atom. The third-order valence-electron chi connectivity index (χ3n) is 4.28. The van der Waals surface area contributed by atoms with E-state index in [9.17, 15) is 0 Å². The molecule has 0 aromatic heterocycles. The van der Waals surface area contributed by atoms with Crippen molar-refractivity contribution in [2.24, 2.45) is 0 Å². The van der Waals surface area contributed by atoms with Crippen molar-refractivity contribution in [3.05, 3.63) is 7.43 Å². The van der Waals surface area contributed by atoms with Crippen LogP contribution in [0.15, 0.2) is 0 Å². The zero-order chi connectivity index (χ0) is 24.4. The molecule has 16 heteroatoms. The van der Waals surface area contributed by atoms with Crippen LogP contribution in [0.4, 0.5) is 0 Å². The molecule has 246 valence electrons. The van der Waals surface area contributed by atoms with Gasteiger partial charge in [0.2, 0.25) is 0 Å². The third-order valence-corrected chi connectivity index (χ3v) is 7.88. The van der Waals surface area contributed by atoms with Crippen LogP contribution in [0, 0.1) is 7.43 Å². The summed E-state index contributed by atoms with van der Waals surface area (Å²) in [7, 11) is -3.08. The van der Waals surface area contributed by atoms with Crippen LogP contribution in [-0.4, -0.2) is 124 Å². The van der Waals surface area contributed by atoms with Gasteiger partial charge in [0.05, 0.1) is 25.1 Å². The molecule has 0 bridgehead atoms. The molecule has 40 heavy (non-hydrogen) atoms. The SMILES string of the molecule is C.C.C.C.C1CCOCC1.C=O.CC1CCCCO1.O.OCP(CO)CO.OC[P+](CO)(CO)CO.[CH3-].[K+].[K+].[OH-]. The van der Waals surface area contributed by atoms with Crippen molar-refractivity contribution < 1.29 is 164 Å². The molecule has 2 fully saturated rings. The van der Waals surface area contributed by atoms with Crippen LogP contribution >= 0.6 is 15.2 Å². The van der Waals surface area contributed by atoms with Gasteiger partial charge in [-0.2, -0.15) is 0 Å². The first-order valence-electron chi connectivity index (χ1n) is 10.3. The van der Waals surface area contributed by atoms with Gasteiger partial charge in [-0.25, -0.2) is 0 Å². The molecule has 0 radical (unpaired) electrons. The maximum absolute atomic E-state index is 8.55. The van der Waals surface area contributed by atoms with E-state index >= 15 is 0 Å². The Kier molecular flexibility index (Phi) is 129. The zero-order valence-corrected chi connectivity index (χ0v) is 30.8. The van der Waals surface area contributed by atoms with Crippen LogP contribution in [-0.2, 0) is 14.3 Å². The molecule has 2 saturated heterocycles. The minimum Gasteiger partial charge on any atom is -0.870 e. The molecule has 0 saturated carbocycles. The smallest absolute Gasteiger partial charge is 0.870 e. The van der Waals surface area contributed by atoms with E-state index in [1.807, 2.05) is 6.79 Å². The second-order valence-corrected chi connectivity index (χ2v) is 12.9. The molecule has 10 N–H and O–H groups in total. The number of rotatable bonds is 7. The van der Waals surface area contributed by atoms with Crippen LogP contribution in [0.25, 0.3) is 0 Å². The summed E-state index contributed by atoms with van der Waals surface area (Å²) in [5, 5.41) is 58.9. The largest absolute Gasteiger partial charge is 1.00 e. The van der Waals surface area contributed by atoms with Gasteiger partial charge in [0.15, 0.2) is 25.4 Å². The van der Waals surface area contributed by atoms with E-state index in [4.69, 9.17) is 50.0 Å². The summed E-state index contributed by atoms with van der Waals surface area (Å²) < 4.78 is 10.3. The van der Waals surface area contributed by atoms with Gasteiger partial charge < -0.3 is 68.4 Å². The van der Waals surface area contributed by atoms with Crippen LogP contribution in [0.1, 0.15) is 75.2 Å². The molecular formula is C24H67K2O12P2+. The summed E-state index contributed by atoms with van der Waals surface area (Å²) in [6, 6.07) is 0. The molecule has 0 aliphatic carbocycles. The van der Waals surface area contributed by atoms with Gasteiger partial charge in [0.25, 0.3) is 0 Å². The van der Waals surface area contributed by atoms with E-state index in [0.29, 0.717) is 6.10 Å². The molecule has 0 aromatic rings. The van der Waals surface area contributed by atoms with Gasteiger partial charge in [-0.3, -0.25) is 0 Å². The number of aliphatic hydroxyl groups excluding tert-OH is 7. The van der Waals surface area contributed by atoms with E-state index in [1.54, 1.807) is 0 Å². The van der Waals surface area contributed by atoms with Crippen molar-refractivity contribution in [1.29, 1.82) is 0 Å². The van der Waals surface area contributed by atoms with Crippen molar-refractivity contribution in [2.75, 3.05) is 64.3 Å². The van der Waals surface area contributed by atoms with E-state index in [-0.39, 0.29) is 195 Å². The monoisotopic (exact) mass is 687 g/mol. The minimum atomic E-state index is -2.20. The maximum Gasteiger partial charge on any atom is 1.00 e. The second kappa shape index (κ2) is 65.1. The zero-order valence-electron chi connectivity index (χ0n) is 22.8. The van der Waals surface area contributed by atoms with Crippen LogP contribution in [0.2, 0.25) is 0 Å². The summed E-state index contributed by atoms with van der Waals surface area (Å²) in [6.07, 6.45) is 6.94. The maximum atomic E-state index is 8.55. The first-order valence-corrected chi connectivity index (χ1v) is 14.7. The molecule has 2 rings (SSSR count). The fraction of sp³-hybridized carbons (Fsp3) is 0.917. The number of hydrogen-bond acceptors (Lipinski definition) is 11. The van der Waals surface area contributed by atoms with Gasteiger partial charge >= 0.3 is 103 Å². The fourth-order valence-electron chi connectivity index (χ4n) is 1.99. The van der Waals surface area contributed by atoms with Gasteiger partial charge in [-0.1, -0.05) is 29.7 Å². The van der Waals surface area contributed by atoms with Crippen LogP contribution in [0.3, 0.4) is 0 Å². The molecule has 1 atom stereocenters. The summed E-state index contributed by atoms with van der Waals surface area (Å²) in [4.78, 5) is 8.00. The molecule has 2 aliphatic rings. The van der Waals surface area contributed by atoms with Gasteiger partial charge in [0.1, 0.15) is 14.1 Å². The van der Waals surface area contributed by atoms with Gasteiger partial charge in [-0.15, -0.1) is 0 Å². The third kappa shape index (κ3) is 53.9. The molecule has 2 aliphatic heterocycles.